The summed E-state index contributed by atoms with van der Waals surface area (Å²) < 4.78 is 10.9. The molecular weight excluding hydrogens is 455 g/mol. The minimum atomic E-state index is 0. The number of oxazole rings is 1. The molecule has 0 spiro atoms. The van der Waals surface area contributed by atoms with Gasteiger partial charge in [0.1, 0.15) is 6.26 Å². The van der Waals surface area contributed by atoms with Crippen molar-refractivity contribution < 1.29 is 9.15 Å². The van der Waals surface area contributed by atoms with Crippen molar-refractivity contribution in [2.24, 2.45) is 10.9 Å². The first-order chi connectivity index (χ1) is 12.7. The van der Waals surface area contributed by atoms with Gasteiger partial charge in [0, 0.05) is 51.7 Å². The maximum atomic E-state index is 5.62. The van der Waals surface area contributed by atoms with Gasteiger partial charge in [-0.05, 0) is 25.5 Å². The Morgan fingerprint density at radius 1 is 1.37 bits per heavy atom. The largest absolute Gasteiger partial charge is 0.444 e. The number of aliphatic imine (C=N–C) groups is 1. The van der Waals surface area contributed by atoms with Gasteiger partial charge >= 0.3 is 0 Å². The van der Waals surface area contributed by atoms with Crippen LogP contribution < -0.4 is 5.32 Å². The Bertz CT molecular complexity index is 730. The molecule has 3 rings (SSSR count). The molecule has 2 aromatic rings. The lowest BCUT2D eigenvalue weighted by Gasteiger charge is -2.21. The molecule has 2 heterocycles. The average Bonchev–Trinajstić information content (AvgIpc) is 3.30. The monoisotopic (exact) mass is 484 g/mol. The van der Waals surface area contributed by atoms with Crippen LogP contribution in [0.25, 0.3) is 11.5 Å². The molecule has 1 aliphatic heterocycles. The van der Waals surface area contributed by atoms with E-state index in [-0.39, 0.29) is 24.0 Å². The van der Waals surface area contributed by atoms with Gasteiger partial charge in [0.05, 0.1) is 12.3 Å². The zero-order valence-corrected chi connectivity index (χ0v) is 18.6. The fourth-order valence-corrected chi connectivity index (χ4v) is 3.28. The lowest BCUT2D eigenvalue weighted by Crippen LogP contribution is -2.41. The first kappa shape index (κ1) is 21.7. The van der Waals surface area contributed by atoms with Crippen LogP contribution in [0, 0.1) is 12.8 Å². The van der Waals surface area contributed by atoms with E-state index in [9.17, 15) is 0 Å². The molecule has 7 heteroatoms. The van der Waals surface area contributed by atoms with Crippen LogP contribution >= 0.6 is 24.0 Å². The minimum absolute atomic E-state index is 0. The number of rotatable bonds is 6. The number of nitrogens with one attached hydrogen (secondary N) is 1. The molecule has 6 nitrogen and oxygen atoms in total. The molecule has 148 valence electrons. The summed E-state index contributed by atoms with van der Waals surface area (Å²) in [4.78, 5) is 11.3. The Morgan fingerprint density at radius 2 is 2.15 bits per heavy atom. The predicted molar refractivity (Wildman–Crippen MR) is 119 cm³/mol. The number of ether oxygens (including phenoxy) is 1. The molecule has 1 aromatic carbocycles. The van der Waals surface area contributed by atoms with Gasteiger partial charge in [-0.25, -0.2) is 4.98 Å². The number of aromatic nitrogens is 1. The highest BCUT2D eigenvalue weighted by atomic mass is 127. The average molecular weight is 484 g/mol. The maximum Gasteiger partial charge on any atom is 0.226 e. The number of nitrogens with zero attached hydrogens (tertiary/aromatic N) is 3. The molecule has 1 unspecified atom stereocenters. The number of hydrogen-bond acceptors (Lipinski definition) is 4. The highest BCUT2D eigenvalue weighted by molar-refractivity contribution is 14.0. The Hall–Kier alpha value is -1.61. The third-order valence-electron chi connectivity index (χ3n) is 4.71. The van der Waals surface area contributed by atoms with Gasteiger partial charge in [0.2, 0.25) is 5.89 Å². The highest BCUT2D eigenvalue weighted by Gasteiger charge is 2.24. The standard InChI is InChI=1S/C20H28N4O2.HI/c1-15-4-6-17(7-5-15)19-23-18(14-26-19)8-10-22-20(21-2)24-11-9-16(12-24)13-25-3;/h4-7,14,16H,8-13H2,1-3H3,(H,21,22);1H. The summed E-state index contributed by atoms with van der Waals surface area (Å²) in [5.74, 6) is 2.21. The third-order valence-corrected chi connectivity index (χ3v) is 4.71. The number of hydrogen-bond donors (Lipinski definition) is 1. The molecule has 0 aliphatic carbocycles. The first-order valence-electron chi connectivity index (χ1n) is 9.15. The number of likely N-dealkylation sites (tertiary alicyclic amines) is 1. The van der Waals surface area contributed by atoms with E-state index in [1.54, 1.807) is 13.4 Å². The van der Waals surface area contributed by atoms with Gasteiger partial charge in [0.25, 0.3) is 0 Å². The zero-order valence-electron chi connectivity index (χ0n) is 16.3. The minimum Gasteiger partial charge on any atom is -0.444 e. The summed E-state index contributed by atoms with van der Waals surface area (Å²) >= 11 is 0. The number of aryl methyl sites for hydroxylation is 1. The summed E-state index contributed by atoms with van der Waals surface area (Å²) in [7, 11) is 3.59. The second kappa shape index (κ2) is 10.7. The molecule has 1 aromatic heterocycles. The molecule has 0 bridgehead atoms. The van der Waals surface area contributed by atoms with Crippen molar-refractivity contribution in [3.8, 4) is 11.5 Å². The zero-order chi connectivity index (χ0) is 18.4. The first-order valence-corrected chi connectivity index (χ1v) is 9.15. The van der Waals surface area contributed by atoms with E-state index in [4.69, 9.17) is 9.15 Å². The molecule has 1 saturated heterocycles. The Morgan fingerprint density at radius 3 is 2.85 bits per heavy atom. The fraction of sp³-hybridized carbons (Fsp3) is 0.500. The van der Waals surface area contributed by atoms with Crippen LogP contribution in [-0.2, 0) is 11.2 Å². The van der Waals surface area contributed by atoms with Crippen LogP contribution in [0.1, 0.15) is 17.7 Å². The SMILES string of the molecule is CN=C(NCCc1coc(-c2ccc(C)cc2)n1)N1CCC(COC)C1.I. The van der Waals surface area contributed by atoms with Crippen molar-refractivity contribution in [3.05, 3.63) is 41.8 Å². The molecule has 27 heavy (non-hydrogen) atoms. The van der Waals surface area contributed by atoms with E-state index in [2.05, 4.69) is 39.2 Å². The van der Waals surface area contributed by atoms with Crippen molar-refractivity contribution in [1.82, 2.24) is 15.2 Å². The summed E-state index contributed by atoms with van der Waals surface area (Å²) in [5.41, 5.74) is 3.18. The van der Waals surface area contributed by atoms with Crippen molar-refractivity contribution >= 4 is 29.9 Å². The third kappa shape index (κ3) is 5.93. The smallest absolute Gasteiger partial charge is 0.226 e. The molecule has 0 amide bonds. The Labute approximate surface area is 178 Å². The Balaban J connectivity index is 0.00000261. The normalized spacial score (nSPS) is 17.1. The summed E-state index contributed by atoms with van der Waals surface area (Å²) in [6, 6.07) is 8.21. The Kier molecular flexibility index (Phi) is 8.56. The number of halogens is 1. The number of methoxy groups -OCH3 is 1. The molecule has 1 aliphatic rings. The van der Waals surface area contributed by atoms with Gasteiger partial charge in [-0.15, -0.1) is 24.0 Å². The molecule has 1 atom stereocenters. The van der Waals surface area contributed by atoms with Gasteiger partial charge in [-0.1, -0.05) is 17.7 Å². The van der Waals surface area contributed by atoms with Crippen LogP contribution in [0.2, 0.25) is 0 Å². The van der Waals surface area contributed by atoms with Gasteiger partial charge in [-0.2, -0.15) is 0 Å². The van der Waals surface area contributed by atoms with Crippen LogP contribution in [0.4, 0.5) is 0 Å². The van der Waals surface area contributed by atoms with Crippen LogP contribution in [0.3, 0.4) is 0 Å². The maximum absolute atomic E-state index is 5.62. The van der Waals surface area contributed by atoms with Gasteiger partial charge < -0.3 is 19.4 Å². The lowest BCUT2D eigenvalue weighted by atomic mass is 10.1. The molecule has 1 N–H and O–H groups in total. The molecule has 0 radical (unpaired) electrons. The topological polar surface area (TPSA) is 62.9 Å². The van der Waals surface area contributed by atoms with Crippen molar-refractivity contribution in [2.45, 2.75) is 19.8 Å². The van der Waals surface area contributed by atoms with E-state index in [1.165, 1.54) is 5.56 Å². The predicted octanol–water partition coefficient (Wildman–Crippen LogP) is 3.35. The van der Waals surface area contributed by atoms with Gasteiger partial charge in [0.15, 0.2) is 5.96 Å². The van der Waals surface area contributed by atoms with Crippen LogP contribution in [0.15, 0.2) is 39.9 Å². The van der Waals surface area contributed by atoms with Gasteiger partial charge in [-0.3, -0.25) is 4.99 Å². The highest BCUT2D eigenvalue weighted by Crippen LogP contribution is 2.19. The fourth-order valence-electron chi connectivity index (χ4n) is 3.28. The summed E-state index contributed by atoms with van der Waals surface area (Å²) in [6.07, 6.45) is 3.69. The van der Waals surface area contributed by atoms with E-state index in [0.717, 1.165) is 56.3 Å². The summed E-state index contributed by atoms with van der Waals surface area (Å²) in [6.45, 7) is 5.68. The summed E-state index contributed by atoms with van der Waals surface area (Å²) in [5, 5.41) is 3.43. The second-order valence-electron chi connectivity index (χ2n) is 6.79. The lowest BCUT2D eigenvalue weighted by molar-refractivity contribution is 0.157. The van der Waals surface area contributed by atoms with Crippen molar-refractivity contribution in [2.75, 3.05) is 40.4 Å². The quantitative estimate of drug-likeness (QED) is 0.387. The molecule has 0 saturated carbocycles. The number of benzene rings is 1. The van der Waals surface area contributed by atoms with E-state index < -0.39 is 0 Å². The number of guanidine groups is 1. The van der Waals surface area contributed by atoms with E-state index in [0.29, 0.717) is 11.8 Å². The van der Waals surface area contributed by atoms with E-state index >= 15 is 0 Å². The van der Waals surface area contributed by atoms with Crippen LogP contribution in [-0.4, -0.2) is 56.2 Å². The van der Waals surface area contributed by atoms with Crippen molar-refractivity contribution in [1.29, 1.82) is 0 Å². The second-order valence-corrected chi connectivity index (χ2v) is 6.79. The van der Waals surface area contributed by atoms with E-state index in [1.807, 2.05) is 19.2 Å². The molecular formula is C20H29IN4O2. The molecule has 1 fully saturated rings. The van der Waals surface area contributed by atoms with Crippen LogP contribution in [0.5, 0.6) is 0 Å². The van der Waals surface area contributed by atoms with Crippen molar-refractivity contribution in [3.63, 3.8) is 0 Å².